The van der Waals surface area contributed by atoms with Gasteiger partial charge >= 0.3 is 0 Å². The Morgan fingerprint density at radius 2 is 2.57 bits per heavy atom. The maximum atomic E-state index is 5.36. The van der Waals surface area contributed by atoms with Crippen LogP contribution in [0.25, 0.3) is 0 Å². The lowest BCUT2D eigenvalue weighted by atomic mass is 10.6. The van der Waals surface area contributed by atoms with E-state index in [2.05, 4.69) is 16.3 Å². The van der Waals surface area contributed by atoms with Crippen molar-refractivity contribution in [3.05, 3.63) is 24.2 Å². The second-order valence-corrected chi connectivity index (χ2v) is 1.42. The molecule has 0 aliphatic heterocycles. The third kappa shape index (κ3) is 0.747. The van der Waals surface area contributed by atoms with Gasteiger partial charge in [0.15, 0.2) is 11.5 Å². The molecule has 0 bridgehead atoms. The summed E-state index contributed by atoms with van der Waals surface area (Å²) in [6, 6.07) is 0. The molecule has 1 radical (unpaired) electrons. The van der Waals surface area contributed by atoms with E-state index in [0.717, 1.165) is 0 Å². The molecule has 0 spiro atoms. The summed E-state index contributed by atoms with van der Waals surface area (Å²) in [7, 11) is 0. The first kappa shape index (κ1) is 4.65. The molecule has 0 N–H and O–H groups in total. The number of nitrogens with zero attached hydrogens (tertiary/aromatic N) is 1. The monoisotopic (exact) mass is 116 g/mol. The van der Waals surface area contributed by atoms with Crippen molar-refractivity contribution >= 4 is 11.6 Å². The van der Waals surface area contributed by atoms with Gasteiger partial charge in [0, 0.05) is 6.92 Å². The van der Waals surface area contributed by atoms with Crippen LogP contribution >= 0.6 is 11.6 Å². The molecule has 0 saturated carbocycles. The molecule has 0 amide bonds. The van der Waals surface area contributed by atoms with E-state index >= 15 is 0 Å². The summed E-state index contributed by atoms with van der Waals surface area (Å²) >= 11 is 5.36. The first-order valence-electron chi connectivity index (χ1n) is 1.71. The Hall–Kier alpha value is -0.500. The Kier molecular flexibility index (Phi) is 1.02. The highest BCUT2D eigenvalue weighted by molar-refractivity contribution is 6.30. The zero-order valence-corrected chi connectivity index (χ0v) is 4.27. The van der Waals surface area contributed by atoms with Gasteiger partial charge in [-0.05, 0) is 0 Å². The third-order valence-corrected chi connectivity index (χ3v) is 0.899. The molecular formula is C4H3ClNO. The Bertz CT molecular complexity index is 144. The fourth-order valence-electron chi connectivity index (χ4n) is 0.257. The van der Waals surface area contributed by atoms with Crippen LogP contribution in [0.2, 0.25) is 5.15 Å². The molecule has 1 rings (SSSR count). The molecule has 1 aromatic heterocycles. The highest BCUT2D eigenvalue weighted by atomic mass is 35.5. The van der Waals surface area contributed by atoms with Gasteiger partial charge in [-0.2, -0.15) is 0 Å². The SMILES string of the molecule is [CH2]c1ocnc1Cl. The van der Waals surface area contributed by atoms with E-state index in [0.29, 0.717) is 10.9 Å². The summed E-state index contributed by atoms with van der Waals surface area (Å²) < 4.78 is 4.61. The summed E-state index contributed by atoms with van der Waals surface area (Å²) in [5, 5.41) is 0.333. The van der Waals surface area contributed by atoms with E-state index in [1.807, 2.05) is 0 Å². The van der Waals surface area contributed by atoms with Crippen LogP contribution < -0.4 is 0 Å². The minimum Gasteiger partial charge on any atom is -0.447 e. The molecule has 1 heterocycles. The fourth-order valence-corrected chi connectivity index (χ4v) is 0.341. The highest BCUT2D eigenvalue weighted by Crippen LogP contribution is 2.09. The fraction of sp³-hybridized carbons (Fsp3) is 0. The van der Waals surface area contributed by atoms with E-state index in [9.17, 15) is 0 Å². The Morgan fingerprint density at radius 3 is 2.71 bits per heavy atom. The molecule has 0 atom stereocenters. The van der Waals surface area contributed by atoms with Gasteiger partial charge < -0.3 is 4.42 Å². The van der Waals surface area contributed by atoms with Crippen LogP contribution in [-0.4, -0.2) is 4.98 Å². The zero-order valence-electron chi connectivity index (χ0n) is 3.52. The topological polar surface area (TPSA) is 26.0 Å². The maximum Gasteiger partial charge on any atom is 0.182 e. The van der Waals surface area contributed by atoms with Crippen molar-refractivity contribution in [3.63, 3.8) is 0 Å². The van der Waals surface area contributed by atoms with Gasteiger partial charge in [-0.1, -0.05) is 11.6 Å². The number of hydrogen-bond donors (Lipinski definition) is 0. The maximum absolute atomic E-state index is 5.36. The van der Waals surface area contributed by atoms with Gasteiger partial charge in [-0.25, -0.2) is 4.98 Å². The quantitative estimate of drug-likeness (QED) is 0.514. The van der Waals surface area contributed by atoms with Gasteiger partial charge in [0.1, 0.15) is 5.76 Å². The van der Waals surface area contributed by atoms with Crippen LogP contribution in [0.15, 0.2) is 10.8 Å². The summed E-state index contributed by atoms with van der Waals surface area (Å²) in [6.45, 7) is 3.42. The number of rotatable bonds is 0. The van der Waals surface area contributed by atoms with Crippen LogP contribution in [0.3, 0.4) is 0 Å². The summed E-state index contributed by atoms with van der Waals surface area (Å²) in [5.74, 6) is 0.418. The molecule has 0 aliphatic carbocycles. The first-order valence-corrected chi connectivity index (χ1v) is 2.09. The smallest absolute Gasteiger partial charge is 0.182 e. The van der Waals surface area contributed by atoms with Gasteiger partial charge in [0.25, 0.3) is 0 Å². The van der Waals surface area contributed by atoms with Gasteiger partial charge in [-0.3, -0.25) is 0 Å². The van der Waals surface area contributed by atoms with Crippen molar-refractivity contribution in [1.82, 2.24) is 4.98 Å². The average molecular weight is 117 g/mol. The minimum atomic E-state index is 0.333. The Morgan fingerprint density at radius 1 is 1.86 bits per heavy atom. The van der Waals surface area contributed by atoms with Crippen molar-refractivity contribution in [3.8, 4) is 0 Å². The second kappa shape index (κ2) is 1.54. The molecular weight excluding hydrogens is 114 g/mol. The summed E-state index contributed by atoms with van der Waals surface area (Å²) in [5.41, 5.74) is 0. The van der Waals surface area contributed by atoms with Gasteiger partial charge in [-0.15, -0.1) is 0 Å². The van der Waals surface area contributed by atoms with E-state index in [4.69, 9.17) is 11.6 Å². The molecule has 37 valence electrons. The summed E-state index contributed by atoms with van der Waals surface area (Å²) in [4.78, 5) is 3.55. The Balaban J connectivity index is 3.12. The zero-order chi connectivity index (χ0) is 5.28. The molecule has 0 unspecified atom stereocenters. The summed E-state index contributed by atoms with van der Waals surface area (Å²) in [6.07, 6.45) is 1.25. The lowest BCUT2D eigenvalue weighted by Gasteiger charge is -1.73. The second-order valence-electron chi connectivity index (χ2n) is 1.07. The van der Waals surface area contributed by atoms with Crippen LogP contribution in [0.1, 0.15) is 5.76 Å². The van der Waals surface area contributed by atoms with Gasteiger partial charge in [0.05, 0.1) is 0 Å². The van der Waals surface area contributed by atoms with Crippen molar-refractivity contribution in [1.29, 1.82) is 0 Å². The molecule has 0 aliphatic rings. The average Bonchev–Trinajstić information content (AvgIpc) is 1.91. The Labute approximate surface area is 46.1 Å². The largest absolute Gasteiger partial charge is 0.447 e. The molecule has 2 nitrogen and oxygen atoms in total. The predicted molar refractivity (Wildman–Crippen MR) is 26.0 cm³/mol. The highest BCUT2D eigenvalue weighted by Gasteiger charge is 1.94. The molecule has 0 fully saturated rings. The number of hydrogen-bond acceptors (Lipinski definition) is 2. The van der Waals surface area contributed by atoms with Crippen LogP contribution in [0.4, 0.5) is 0 Å². The van der Waals surface area contributed by atoms with E-state index in [-0.39, 0.29) is 0 Å². The van der Waals surface area contributed by atoms with E-state index in [1.165, 1.54) is 6.39 Å². The van der Waals surface area contributed by atoms with E-state index < -0.39 is 0 Å². The standard InChI is InChI=1S/C4H3ClNO/c1-3-4(5)6-2-7-3/h2H,1H2. The molecule has 3 heteroatoms. The van der Waals surface area contributed by atoms with Gasteiger partial charge in [0.2, 0.25) is 0 Å². The van der Waals surface area contributed by atoms with Crippen molar-refractivity contribution in [2.45, 2.75) is 0 Å². The van der Waals surface area contributed by atoms with Crippen molar-refractivity contribution < 1.29 is 4.42 Å². The molecule has 0 saturated heterocycles. The number of aromatic nitrogens is 1. The molecule has 7 heavy (non-hydrogen) atoms. The lowest BCUT2D eigenvalue weighted by Crippen LogP contribution is -1.60. The van der Waals surface area contributed by atoms with Crippen LogP contribution in [-0.2, 0) is 0 Å². The normalized spacial score (nSPS) is 9.43. The van der Waals surface area contributed by atoms with Crippen LogP contribution in [0, 0.1) is 6.92 Å². The molecule has 1 aromatic rings. The number of oxazole rings is 1. The van der Waals surface area contributed by atoms with E-state index in [1.54, 1.807) is 0 Å². The van der Waals surface area contributed by atoms with Crippen LogP contribution in [0.5, 0.6) is 0 Å². The predicted octanol–water partition coefficient (Wildman–Crippen LogP) is 1.51. The van der Waals surface area contributed by atoms with Crippen molar-refractivity contribution in [2.75, 3.05) is 0 Å². The van der Waals surface area contributed by atoms with Crippen molar-refractivity contribution in [2.24, 2.45) is 0 Å². The lowest BCUT2D eigenvalue weighted by molar-refractivity contribution is 0.540. The minimum absolute atomic E-state index is 0.333. The number of halogens is 1. The first-order chi connectivity index (χ1) is 3.30. The molecule has 0 aromatic carbocycles. The third-order valence-electron chi connectivity index (χ3n) is 0.591.